The van der Waals surface area contributed by atoms with Crippen LogP contribution in [0.1, 0.15) is 19.7 Å². The Labute approximate surface area is 128 Å². The number of hydrogen-bond donors (Lipinski definition) is 1. The molecule has 0 spiro atoms. The van der Waals surface area contributed by atoms with Gasteiger partial charge in [-0.1, -0.05) is 23.7 Å². The maximum Gasteiger partial charge on any atom is 0.246 e. The first-order valence-electron chi connectivity index (χ1n) is 6.60. The zero-order chi connectivity index (χ0) is 15.4. The van der Waals surface area contributed by atoms with Gasteiger partial charge in [0.2, 0.25) is 5.91 Å². The summed E-state index contributed by atoms with van der Waals surface area (Å²) in [5, 5.41) is 7.53. The first-order valence-corrected chi connectivity index (χ1v) is 6.98. The van der Waals surface area contributed by atoms with E-state index in [0.717, 1.165) is 5.56 Å². The lowest BCUT2D eigenvalue weighted by Crippen LogP contribution is -2.31. The minimum atomic E-state index is -0.0781. The Bertz CT molecular complexity index is 663. The van der Waals surface area contributed by atoms with E-state index in [9.17, 15) is 4.79 Å². The van der Waals surface area contributed by atoms with Gasteiger partial charge in [0.25, 0.3) is 0 Å². The van der Waals surface area contributed by atoms with Gasteiger partial charge in [-0.25, -0.2) is 4.98 Å². The Kier molecular flexibility index (Phi) is 4.75. The van der Waals surface area contributed by atoms with E-state index in [1.807, 2.05) is 26.0 Å². The highest BCUT2D eigenvalue weighted by Crippen LogP contribution is 2.19. The van der Waals surface area contributed by atoms with Gasteiger partial charge in [-0.3, -0.25) is 9.89 Å². The Morgan fingerprint density at radius 1 is 1.43 bits per heavy atom. The molecular weight excluding hydrogens is 288 g/mol. The monoisotopic (exact) mass is 304 g/mol. The fourth-order valence-electron chi connectivity index (χ4n) is 1.63. The molecule has 1 N–H and O–H groups in total. The first-order chi connectivity index (χ1) is 9.97. The van der Waals surface area contributed by atoms with E-state index in [0.29, 0.717) is 16.7 Å². The van der Waals surface area contributed by atoms with Crippen LogP contribution in [0, 0.1) is 0 Å². The number of nitrogens with one attached hydrogen (secondary N) is 1. The van der Waals surface area contributed by atoms with E-state index in [1.54, 1.807) is 30.2 Å². The molecule has 110 valence electrons. The summed E-state index contributed by atoms with van der Waals surface area (Å²) in [5.74, 6) is 0.989. The summed E-state index contributed by atoms with van der Waals surface area (Å²) in [5.41, 5.74) is 0.823. The van der Waals surface area contributed by atoms with Crippen molar-refractivity contribution in [2.75, 3.05) is 7.05 Å². The van der Waals surface area contributed by atoms with Crippen LogP contribution in [0.25, 0.3) is 17.5 Å². The van der Waals surface area contributed by atoms with Crippen LogP contribution in [0.15, 0.2) is 30.3 Å². The average Bonchev–Trinajstić information content (AvgIpc) is 2.92. The van der Waals surface area contributed by atoms with Crippen molar-refractivity contribution in [3.63, 3.8) is 0 Å². The number of benzene rings is 1. The number of H-pyrrole nitrogens is 1. The van der Waals surface area contributed by atoms with Gasteiger partial charge in [0.05, 0.1) is 0 Å². The number of carbonyl (C=O) groups excluding carboxylic acids is 1. The van der Waals surface area contributed by atoms with E-state index in [1.165, 1.54) is 6.08 Å². The van der Waals surface area contributed by atoms with Crippen LogP contribution in [0.2, 0.25) is 5.02 Å². The number of carbonyl (C=O) groups is 1. The molecule has 5 nitrogen and oxygen atoms in total. The number of likely N-dealkylation sites (N-methyl/N-ethyl adjacent to an activating group) is 1. The van der Waals surface area contributed by atoms with Crippen LogP contribution >= 0.6 is 11.6 Å². The predicted molar refractivity (Wildman–Crippen MR) is 83.8 cm³/mol. The maximum absolute atomic E-state index is 11.8. The van der Waals surface area contributed by atoms with Crippen molar-refractivity contribution in [2.45, 2.75) is 19.9 Å². The SMILES string of the molecule is CC(C)N(C)C(=O)/C=C\c1nc(-c2cccc(Cl)c2)n[nH]1. The van der Waals surface area contributed by atoms with Crippen LogP contribution in [-0.4, -0.2) is 39.1 Å². The van der Waals surface area contributed by atoms with Gasteiger partial charge in [0.15, 0.2) is 5.82 Å². The van der Waals surface area contributed by atoms with Crippen molar-refractivity contribution in [1.29, 1.82) is 0 Å². The predicted octanol–water partition coefficient (Wildman–Crippen LogP) is 3.01. The second kappa shape index (κ2) is 6.54. The van der Waals surface area contributed by atoms with Crippen LogP contribution in [0.4, 0.5) is 0 Å². The Hall–Kier alpha value is -2.14. The molecule has 1 aromatic carbocycles. The van der Waals surface area contributed by atoms with E-state index in [-0.39, 0.29) is 11.9 Å². The largest absolute Gasteiger partial charge is 0.340 e. The summed E-state index contributed by atoms with van der Waals surface area (Å²) in [6.07, 6.45) is 3.09. The zero-order valence-corrected chi connectivity index (χ0v) is 12.9. The average molecular weight is 305 g/mol. The van der Waals surface area contributed by atoms with Gasteiger partial charge in [0.1, 0.15) is 5.82 Å². The van der Waals surface area contributed by atoms with Crippen LogP contribution in [0.5, 0.6) is 0 Å². The van der Waals surface area contributed by atoms with Crippen LogP contribution in [-0.2, 0) is 4.79 Å². The fourth-order valence-corrected chi connectivity index (χ4v) is 1.82. The second-order valence-corrected chi connectivity index (χ2v) is 5.37. The molecule has 2 rings (SSSR count). The zero-order valence-electron chi connectivity index (χ0n) is 12.2. The van der Waals surface area contributed by atoms with E-state index >= 15 is 0 Å². The smallest absolute Gasteiger partial charge is 0.246 e. The highest BCUT2D eigenvalue weighted by atomic mass is 35.5. The molecule has 6 heteroatoms. The van der Waals surface area contributed by atoms with E-state index in [2.05, 4.69) is 15.2 Å². The van der Waals surface area contributed by atoms with Gasteiger partial charge in [-0.05, 0) is 32.1 Å². The lowest BCUT2D eigenvalue weighted by molar-refractivity contribution is -0.126. The molecule has 0 aliphatic heterocycles. The number of aromatic amines is 1. The molecular formula is C15H17ClN4O. The summed E-state index contributed by atoms with van der Waals surface area (Å²) in [4.78, 5) is 17.8. The summed E-state index contributed by atoms with van der Waals surface area (Å²) in [6, 6.07) is 7.44. The van der Waals surface area contributed by atoms with Crippen LogP contribution in [0.3, 0.4) is 0 Å². The normalized spacial score (nSPS) is 11.3. The quantitative estimate of drug-likeness (QED) is 0.883. The number of halogens is 1. The standard InChI is InChI=1S/C15H17ClN4O/c1-10(2)20(3)14(21)8-7-13-17-15(19-18-13)11-5-4-6-12(16)9-11/h4-10H,1-3H3,(H,17,18,19)/b8-7-. The molecule has 21 heavy (non-hydrogen) atoms. The van der Waals surface area contributed by atoms with Gasteiger partial charge in [-0.2, -0.15) is 5.10 Å². The third-order valence-corrected chi connectivity index (χ3v) is 3.33. The van der Waals surface area contributed by atoms with Crippen molar-refractivity contribution in [3.05, 3.63) is 41.2 Å². The lowest BCUT2D eigenvalue weighted by Gasteiger charge is -2.19. The molecule has 0 unspecified atom stereocenters. The molecule has 0 saturated heterocycles. The third kappa shape index (κ3) is 3.92. The molecule has 0 fully saturated rings. The first kappa shape index (κ1) is 15.3. The number of hydrogen-bond acceptors (Lipinski definition) is 3. The number of amides is 1. The van der Waals surface area contributed by atoms with Crippen molar-refractivity contribution in [2.24, 2.45) is 0 Å². The molecule has 0 atom stereocenters. The molecule has 1 amide bonds. The number of rotatable bonds is 4. The molecule has 0 bridgehead atoms. The second-order valence-electron chi connectivity index (χ2n) is 4.93. The summed E-state index contributed by atoms with van der Waals surface area (Å²) in [7, 11) is 1.76. The van der Waals surface area contributed by atoms with Gasteiger partial charge in [0, 0.05) is 29.8 Å². The fraction of sp³-hybridized carbons (Fsp3) is 0.267. The van der Waals surface area contributed by atoms with Crippen molar-refractivity contribution in [3.8, 4) is 11.4 Å². The topological polar surface area (TPSA) is 61.9 Å². The number of aromatic nitrogens is 3. The molecule has 0 radical (unpaired) electrons. The van der Waals surface area contributed by atoms with Crippen LogP contribution < -0.4 is 0 Å². The molecule has 0 aliphatic rings. The van der Waals surface area contributed by atoms with Gasteiger partial charge >= 0.3 is 0 Å². The summed E-state index contributed by atoms with van der Waals surface area (Å²) in [6.45, 7) is 3.91. The highest BCUT2D eigenvalue weighted by Gasteiger charge is 2.09. The maximum atomic E-state index is 11.8. The summed E-state index contributed by atoms with van der Waals surface area (Å²) >= 11 is 5.94. The lowest BCUT2D eigenvalue weighted by atomic mass is 10.2. The Morgan fingerprint density at radius 3 is 2.86 bits per heavy atom. The van der Waals surface area contributed by atoms with Gasteiger partial charge < -0.3 is 4.90 Å². The van der Waals surface area contributed by atoms with Crippen molar-refractivity contribution in [1.82, 2.24) is 20.1 Å². The van der Waals surface area contributed by atoms with E-state index in [4.69, 9.17) is 11.6 Å². The summed E-state index contributed by atoms with van der Waals surface area (Å²) < 4.78 is 0. The van der Waals surface area contributed by atoms with Crippen molar-refractivity contribution < 1.29 is 4.79 Å². The molecule has 1 aromatic heterocycles. The highest BCUT2D eigenvalue weighted by molar-refractivity contribution is 6.30. The Morgan fingerprint density at radius 2 is 2.19 bits per heavy atom. The minimum Gasteiger partial charge on any atom is -0.340 e. The van der Waals surface area contributed by atoms with Crippen molar-refractivity contribution >= 4 is 23.6 Å². The molecule has 1 heterocycles. The molecule has 2 aromatic rings. The number of nitrogens with zero attached hydrogens (tertiary/aromatic N) is 3. The third-order valence-electron chi connectivity index (χ3n) is 3.09. The van der Waals surface area contributed by atoms with E-state index < -0.39 is 0 Å². The molecule has 0 aliphatic carbocycles. The Balaban J connectivity index is 2.12. The molecule has 0 saturated carbocycles. The van der Waals surface area contributed by atoms with Gasteiger partial charge in [-0.15, -0.1) is 0 Å². The minimum absolute atomic E-state index is 0.0781.